The standard InChI is InChI=1S/C17H14BrN3O/c1-10-2-7-13-15(8-10)21-16(19-13)14(20-17(21)22)9-11-3-5-12(18)6-4-11/h2-8,14H,9H2,1H3,(H,20,22)/t14-/m1/s1. The number of aryl methyl sites for hydroxylation is 1. The Kier molecular flexibility index (Phi) is 3.04. The van der Waals surface area contributed by atoms with E-state index < -0.39 is 0 Å². The average molecular weight is 356 g/mol. The maximum Gasteiger partial charge on any atom is 0.328 e. The van der Waals surface area contributed by atoms with Gasteiger partial charge < -0.3 is 5.32 Å². The molecule has 0 saturated carbocycles. The number of benzene rings is 2. The zero-order chi connectivity index (χ0) is 15.3. The van der Waals surface area contributed by atoms with Gasteiger partial charge in [-0.2, -0.15) is 0 Å². The van der Waals surface area contributed by atoms with E-state index in [1.54, 1.807) is 4.57 Å². The molecule has 4 rings (SSSR count). The Morgan fingerprint density at radius 2 is 2.00 bits per heavy atom. The van der Waals surface area contributed by atoms with E-state index in [4.69, 9.17) is 0 Å². The molecule has 0 unspecified atom stereocenters. The van der Waals surface area contributed by atoms with E-state index in [-0.39, 0.29) is 12.1 Å². The molecule has 0 bridgehead atoms. The zero-order valence-corrected chi connectivity index (χ0v) is 13.6. The third kappa shape index (κ3) is 2.13. The number of halogens is 1. The van der Waals surface area contributed by atoms with Crippen molar-refractivity contribution in [2.75, 3.05) is 0 Å². The second kappa shape index (κ2) is 4.95. The molecule has 110 valence electrons. The minimum absolute atomic E-state index is 0.0821. The summed E-state index contributed by atoms with van der Waals surface area (Å²) in [4.78, 5) is 17.0. The first-order chi connectivity index (χ1) is 10.6. The van der Waals surface area contributed by atoms with Crippen molar-refractivity contribution >= 4 is 33.0 Å². The van der Waals surface area contributed by atoms with Gasteiger partial charge in [-0.05, 0) is 48.7 Å². The van der Waals surface area contributed by atoms with Crippen molar-refractivity contribution in [3.8, 4) is 0 Å². The van der Waals surface area contributed by atoms with E-state index in [0.717, 1.165) is 33.3 Å². The fourth-order valence-corrected chi connectivity index (χ4v) is 3.19. The molecular weight excluding hydrogens is 342 g/mol. The Bertz CT molecular complexity index is 883. The smallest absolute Gasteiger partial charge is 0.327 e. The third-order valence-corrected chi connectivity index (χ3v) is 4.53. The van der Waals surface area contributed by atoms with E-state index in [1.165, 1.54) is 5.56 Å². The Morgan fingerprint density at radius 3 is 2.77 bits per heavy atom. The number of carbonyl (C=O) groups excluding carboxylic acids is 1. The fourth-order valence-electron chi connectivity index (χ4n) is 2.93. The Labute approximate surface area is 136 Å². The van der Waals surface area contributed by atoms with Crippen LogP contribution >= 0.6 is 15.9 Å². The van der Waals surface area contributed by atoms with Gasteiger partial charge in [0, 0.05) is 4.47 Å². The van der Waals surface area contributed by atoms with Crippen LogP contribution < -0.4 is 5.32 Å². The molecular formula is C17H14BrN3O. The summed E-state index contributed by atoms with van der Waals surface area (Å²) in [6, 6.07) is 14.0. The van der Waals surface area contributed by atoms with Crippen molar-refractivity contribution in [1.29, 1.82) is 0 Å². The molecule has 5 heteroatoms. The van der Waals surface area contributed by atoms with Crippen LogP contribution in [0.15, 0.2) is 46.9 Å². The topological polar surface area (TPSA) is 46.9 Å². The summed E-state index contributed by atoms with van der Waals surface area (Å²) in [6.45, 7) is 2.02. The normalized spacial score (nSPS) is 16.8. The van der Waals surface area contributed by atoms with Crippen LogP contribution in [0.2, 0.25) is 0 Å². The first-order valence-electron chi connectivity index (χ1n) is 7.16. The number of rotatable bonds is 2. The quantitative estimate of drug-likeness (QED) is 0.756. The van der Waals surface area contributed by atoms with Crippen LogP contribution in [-0.4, -0.2) is 15.6 Å². The van der Waals surface area contributed by atoms with Gasteiger partial charge in [-0.3, -0.25) is 0 Å². The number of aromatic nitrogens is 2. The van der Waals surface area contributed by atoms with Crippen molar-refractivity contribution in [1.82, 2.24) is 14.9 Å². The Hall–Kier alpha value is -2.14. The van der Waals surface area contributed by atoms with Crippen molar-refractivity contribution in [2.45, 2.75) is 19.4 Å². The van der Waals surface area contributed by atoms with E-state index in [2.05, 4.69) is 38.4 Å². The van der Waals surface area contributed by atoms with E-state index in [1.807, 2.05) is 37.3 Å². The third-order valence-electron chi connectivity index (χ3n) is 4.00. The number of hydrogen-bond acceptors (Lipinski definition) is 2. The molecule has 2 aromatic carbocycles. The molecule has 0 saturated heterocycles. The van der Waals surface area contributed by atoms with Crippen LogP contribution in [0, 0.1) is 6.92 Å². The molecule has 3 aromatic rings. The predicted octanol–water partition coefficient (Wildman–Crippen LogP) is 3.96. The lowest BCUT2D eigenvalue weighted by Gasteiger charge is -2.09. The van der Waals surface area contributed by atoms with Crippen molar-refractivity contribution in [3.63, 3.8) is 0 Å². The number of nitrogens with one attached hydrogen (secondary N) is 1. The van der Waals surface area contributed by atoms with Crippen LogP contribution in [0.1, 0.15) is 23.0 Å². The molecule has 22 heavy (non-hydrogen) atoms. The lowest BCUT2D eigenvalue weighted by Crippen LogP contribution is -2.22. The minimum atomic E-state index is -0.0924. The number of carbonyl (C=O) groups is 1. The maximum absolute atomic E-state index is 12.3. The van der Waals surface area contributed by atoms with Crippen LogP contribution in [0.5, 0.6) is 0 Å². The summed E-state index contributed by atoms with van der Waals surface area (Å²) in [5.41, 5.74) is 4.05. The lowest BCUT2D eigenvalue weighted by molar-refractivity contribution is 0.245. The van der Waals surface area contributed by atoms with Crippen molar-refractivity contribution < 1.29 is 4.79 Å². The molecule has 1 aromatic heterocycles. The molecule has 0 radical (unpaired) electrons. The number of imidazole rings is 1. The van der Waals surface area contributed by atoms with Gasteiger partial charge in [0.15, 0.2) is 0 Å². The molecule has 1 amide bonds. The second-order valence-corrected chi connectivity index (χ2v) is 6.55. The lowest BCUT2D eigenvalue weighted by atomic mass is 10.1. The van der Waals surface area contributed by atoms with Gasteiger partial charge in [-0.25, -0.2) is 14.3 Å². The number of nitrogens with zero attached hydrogens (tertiary/aromatic N) is 2. The summed E-state index contributed by atoms with van der Waals surface area (Å²) < 4.78 is 2.75. The molecule has 0 spiro atoms. The van der Waals surface area contributed by atoms with E-state index in [0.29, 0.717) is 0 Å². The molecule has 0 aliphatic carbocycles. The molecule has 4 nitrogen and oxygen atoms in total. The Balaban J connectivity index is 1.75. The SMILES string of the molecule is Cc1ccc2nc3n(c2c1)C(=O)N[C@@H]3Cc1ccc(Br)cc1. The van der Waals surface area contributed by atoms with Crippen molar-refractivity contribution in [3.05, 3.63) is 63.9 Å². The summed E-state index contributed by atoms with van der Waals surface area (Å²) in [5, 5.41) is 3.02. The minimum Gasteiger partial charge on any atom is -0.327 e. The second-order valence-electron chi connectivity index (χ2n) is 5.63. The van der Waals surface area contributed by atoms with E-state index in [9.17, 15) is 4.79 Å². The Morgan fingerprint density at radius 1 is 1.23 bits per heavy atom. The summed E-state index contributed by atoms with van der Waals surface area (Å²) >= 11 is 3.44. The zero-order valence-electron chi connectivity index (χ0n) is 12.0. The highest BCUT2D eigenvalue weighted by Gasteiger charge is 2.32. The molecule has 1 atom stereocenters. The van der Waals surface area contributed by atoms with Gasteiger partial charge in [0.25, 0.3) is 0 Å². The largest absolute Gasteiger partial charge is 0.328 e. The van der Waals surface area contributed by atoms with Gasteiger partial charge in [-0.15, -0.1) is 0 Å². The summed E-state index contributed by atoms with van der Waals surface area (Å²) in [5.74, 6) is 0.800. The van der Waals surface area contributed by atoms with E-state index >= 15 is 0 Å². The van der Waals surface area contributed by atoms with Gasteiger partial charge in [-0.1, -0.05) is 34.1 Å². The molecule has 2 heterocycles. The maximum atomic E-state index is 12.3. The molecule has 1 aliphatic heterocycles. The molecule has 1 N–H and O–H groups in total. The first-order valence-corrected chi connectivity index (χ1v) is 7.95. The highest BCUT2D eigenvalue weighted by molar-refractivity contribution is 9.10. The highest BCUT2D eigenvalue weighted by Crippen LogP contribution is 2.28. The number of amides is 1. The first kappa shape index (κ1) is 13.5. The predicted molar refractivity (Wildman–Crippen MR) is 89.0 cm³/mol. The molecule has 1 aliphatic rings. The summed E-state index contributed by atoms with van der Waals surface area (Å²) in [7, 11) is 0. The fraction of sp³-hybridized carbons (Fsp3) is 0.176. The van der Waals surface area contributed by atoms with Gasteiger partial charge in [0.05, 0.1) is 17.1 Å². The van der Waals surface area contributed by atoms with Gasteiger partial charge in [0.1, 0.15) is 5.82 Å². The monoisotopic (exact) mass is 355 g/mol. The average Bonchev–Trinajstić information content (AvgIpc) is 3.00. The van der Waals surface area contributed by atoms with Crippen LogP contribution in [0.25, 0.3) is 11.0 Å². The van der Waals surface area contributed by atoms with Crippen LogP contribution in [0.3, 0.4) is 0 Å². The van der Waals surface area contributed by atoms with Crippen LogP contribution in [0.4, 0.5) is 4.79 Å². The van der Waals surface area contributed by atoms with Crippen molar-refractivity contribution in [2.24, 2.45) is 0 Å². The van der Waals surface area contributed by atoms with Gasteiger partial charge in [0.2, 0.25) is 0 Å². The number of hydrogen-bond donors (Lipinski definition) is 1. The number of fused-ring (bicyclic) bond motifs is 3. The van der Waals surface area contributed by atoms with Gasteiger partial charge >= 0.3 is 6.03 Å². The van der Waals surface area contributed by atoms with Crippen LogP contribution in [-0.2, 0) is 6.42 Å². The highest BCUT2D eigenvalue weighted by atomic mass is 79.9. The summed E-state index contributed by atoms with van der Waals surface area (Å²) in [6.07, 6.45) is 0.737. The molecule has 0 fully saturated rings.